The van der Waals surface area contributed by atoms with Crippen LogP contribution in [0.25, 0.3) is 0 Å². The maximum atomic E-state index is 13.2. The van der Waals surface area contributed by atoms with Gasteiger partial charge in [0.1, 0.15) is 19.2 Å². The molecule has 11 heteroatoms. The minimum Gasteiger partial charge on any atom is -0.324 e. The molecule has 0 bridgehead atoms. The molecule has 0 radical (unpaired) electrons. The summed E-state index contributed by atoms with van der Waals surface area (Å²) in [6.07, 6.45) is 2.71. The molecule has 140 valence electrons. The summed E-state index contributed by atoms with van der Waals surface area (Å²) in [5, 5.41) is 6.43. The van der Waals surface area contributed by atoms with E-state index in [4.69, 9.17) is 0 Å². The number of aromatic nitrogens is 3. The second-order valence-corrected chi connectivity index (χ2v) is 7.08. The van der Waals surface area contributed by atoms with E-state index >= 15 is 0 Å². The monoisotopic (exact) mass is 393 g/mol. The summed E-state index contributed by atoms with van der Waals surface area (Å²) in [6, 6.07) is 8.10. The molecule has 3 aromatic rings. The van der Waals surface area contributed by atoms with E-state index in [1.54, 1.807) is 0 Å². The van der Waals surface area contributed by atoms with Crippen molar-refractivity contribution in [1.29, 1.82) is 0 Å². The van der Waals surface area contributed by atoms with Gasteiger partial charge in [0.05, 0.1) is 4.90 Å². The van der Waals surface area contributed by atoms with Crippen LogP contribution in [0.5, 0.6) is 0 Å². The smallest absolute Gasteiger partial charge is 0.261 e. The first-order valence-corrected chi connectivity index (χ1v) is 9.02. The highest BCUT2D eigenvalue weighted by molar-refractivity contribution is 7.92. The molecule has 0 spiro atoms. The molecule has 0 saturated heterocycles. The van der Waals surface area contributed by atoms with E-state index in [0.29, 0.717) is 11.8 Å². The summed E-state index contributed by atoms with van der Waals surface area (Å²) in [5.74, 6) is -2.74. The first kappa shape index (κ1) is 18.5. The second kappa shape index (κ2) is 7.50. The SMILES string of the molecule is O=C(Cn1cncn1)Nc1ccc(NS(=O)(=O)c2ccc(F)c(F)c2)cc1. The van der Waals surface area contributed by atoms with Crippen molar-refractivity contribution in [2.24, 2.45) is 0 Å². The first-order valence-electron chi connectivity index (χ1n) is 7.54. The van der Waals surface area contributed by atoms with Crippen LogP contribution in [-0.2, 0) is 21.4 Å². The maximum absolute atomic E-state index is 13.2. The molecule has 2 aromatic carbocycles. The van der Waals surface area contributed by atoms with Gasteiger partial charge >= 0.3 is 0 Å². The fraction of sp³-hybridized carbons (Fsp3) is 0.0625. The topological polar surface area (TPSA) is 106 Å². The van der Waals surface area contributed by atoms with Crippen LogP contribution >= 0.6 is 0 Å². The Morgan fingerprint density at radius 3 is 2.37 bits per heavy atom. The molecule has 3 rings (SSSR count). The highest BCUT2D eigenvalue weighted by atomic mass is 32.2. The molecule has 0 atom stereocenters. The number of anilines is 2. The summed E-state index contributed by atoms with van der Waals surface area (Å²) in [6.45, 7) is -0.0233. The number of hydrogen-bond donors (Lipinski definition) is 2. The molecule has 0 aliphatic rings. The van der Waals surface area contributed by atoms with E-state index in [1.807, 2.05) is 0 Å². The quantitative estimate of drug-likeness (QED) is 0.666. The van der Waals surface area contributed by atoms with Crippen LogP contribution in [0.4, 0.5) is 20.2 Å². The average molecular weight is 393 g/mol. The summed E-state index contributed by atoms with van der Waals surface area (Å²) in [4.78, 5) is 15.2. The third-order valence-electron chi connectivity index (χ3n) is 3.39. The number of nitrogens with zero attached hydrogens (tertiary/aromatic N) is 3. The van der Waals surface area contributed by atoms with Crippen LogP contribution in [0, 0.1) is 11.6 Å². The minimum absolute atomic E-state index is 0.0233. The summed E-state index contributed by atoms with van der Waals surface area (Å²) >= 11 is 0. The molecular weight excluding hydrogens is 380 g/mol. The highest BCUT2D eigenvalue weighted by Gasteiger charge is 2.16. The van der Waals surface area contributed by atoms with E-state index in [9.17, 15) is 22.0 Å². The Labute approximate surface area is 152 Å². The third-order valence-corrected chi connectivity index (χ3v) is 4.77. The molecule has 0 aliphatic heterocycles. The van der Waals surface area contributed by atoms with Crippen LogP contribution in [-0.4, -0.2) is 29.1 Å². The predicted molar refractivity (Wildman–Crippen MR) is 92.3 cm³/mol. The van der Waals surface area contributed by atoms with Gasteiger partial charge in [0.2, 0.25) is 5.91 Å². The van der Waals surface area contributed by atoms with Gasteiger partial charge in [-0.1, -0.05) is 0 Å². The number of rotatable bonds is 6. The number of carbonyl (C=O) groups excluding carboxylic acids is 1. The van der Waals surface area contributed by atoms with E-state index in [1.165, 1.54) is 41.6 Å². The number of sulfonamides is 1. The van der Waals surface area contributed by atoms with E-state index in [2.05, 4.69) is 20.1 Å². The summed E-state index contributed by atoms with van der Waals surface area (Å²) in [7, 11) is -4.09. The molecule has 1 heterocycles. The van der Waals surface area contributed by atoms with Gasteiger partial charge in [0, 0.05) is 11.4 Å². The van der Waals surface area contributed by atoms with Crippen molar-refractivity contribution in [2.45, 2.75) is 11.4 Å². The largest absolute Gasteiger partial charge is 0.324 e. The van der Waals surface area contributed by atoms with Crippen molar-refractivity contribution >= 4 is 27.3 Å². The Kier molecular flexibility index (Phi) is 5.12. The zero-order chi connectivity index (χ0) is 19.4. The Balaban J connectivity index is 1.66. The lowest BCUT2D eigenvalue weighted by Gasteiger charge is -2.10. The third kappa shape index (κ3) is 4.64. The molecule has 2 N–H and O–H groups in total. The van der Waals surface area contributed by atoms with Crippen molar-refractivity contribution in [3.63, 3.8) is 0 Å². The standard InChI is InChI=1S/C16H13F2N5O3S/c17-14-6-5-13(7-15(14)18)27(25,26)22-12-3-1-11(2-4-12)21-16(24)8-23-10-19-9-20-23/h1-7,9-10,22H,8H2,(H,21,24). The van der Waals surface area contributed by atoms with Gasteiger partial charge in [-0.05, 0) is 42.5 Å². The van der Waals surface area contributed by atoms with Crippen LogP contribution in [0.1, 0.15) is 0 Å². The lowest BCUT2D eigenvalue weighted by Crippen LogP contribution is -2.19. The van der Waals surface area contributed by atoms with Gasteiger partial charge in [-0.3, -0.25) is 9.52 Å². The molecule has 0 aliphatic carbocycles. The van der Waals surface area contributed by atoms with Crippen molar-refractivity contribution < 1.29 is 22.0 Å². The van der Waals surface area contributed by atoms with Crippen LogP contribution in [0.2, 0.25) is 0 Å². The number of halogens is 2. The second-order valence-electron chi connectivity index (χ2n) is 5.40. The normalized spacial score (nSPS) is 11.2. The number of hydrogen-bond acceptors (Lipinski definition) is 5. The van der Waals surface area contributed by atoms with Crippen molar-refractivity contribution in [2.75, 3.05) is 10.0 Å². The van der Waals surface area contributed by atoms with Crippen LogP contribution in [0.3, 0.4) is 0 Å². The lowest BCUT2D eigenvalue weighted by atomic mass is 10.3. The van der Waals surface area contributed by atoms with Crippen molar-refractivity contribution in [3.8, 4) is 0 Å². The Bertz CT molecular complexity index is 1050. The van der Waals surface area contributed by atoms with E-state index in [0.717, 1.165) is 12.1 Å². The Morgan fingerprint density at radius 2 is 1.74 bits per heavy atom. The molecular formula is C16H13F2N5O3S. The summed E-state index contributed by atoms with van der Waals surface area (Å²) < 4.78 is 54.2. The number of carbonyl (C=O) groups is 1. The van der Waals surface area contributed by atoms with Gasteiger partial charge in [0.25, 0.3) is 10.0 Å². The minimum atomic E-state index is -4.09. The van der Waals surface area contributed by atoms with Gasteiger partial charge < -0.3 is 5.32 Å². The Morgan fingerprint density at radius 1 is 1.04 bits per heavy atom. The maximum Gasteiger partial charge on any atom is 0.261 e. The lowest BCUT2D eigenvalue weighted by molar-refractivity contribution is -0.116. The predicted octanol–water partition coefficient (Wildman–Crippen LogP) is 2.00. The molecule has 8 nitrogen and oxygen atoms in total. The van der Waals surface area contributed by atoms with Crippen LogP contribution < -0.4 is 10.0 Å². The average Bonchev–Trinajstić information content (AvgIpc) is 3.11. The fourth-order valence-electron chi connectivity index (χ4n) is 2.14. The zero-order valence-electron chi connectivity index (χ0n) is 13.6. The van der Waals surface area contributed by atoms with Crippen molar-refractivity contribution in [3.05, 3.63) is 66.8 Å². The van der Waals surface area contributed by atoms with Crippen molar-refractivity contribution in [1.82, 2.24) is 14.8 Å². The molecule has 1 amide bonds. The highest BCUT2D eigenvalue weighted by Crippen LogP contribution is 2.20. The molecule has 0 fully saturated rings. The number of amides is 1. The Hall–Kier alpha value is -3.34. The molecule has 0 saturated carbocycles. The van der Waals surface area contributed by atoms with Gasteiger partial charge in [0.15, 0.2) is 11.6 Å². The van der Waals surface area contributed by atoms with Gasteiger partial charge in [-0.25, -0.2) is 26.9 Å². The fourth-order valence-corrected chi connectivity index (χ4v) is 3.21. The molecule has 27 heavy (non-hydrogen) atoms. The molecule has 0 unspecified atom stereocenters. The molecule has 1 aromatic heterocycles. The van der Waals surface area contributed by atoms with Gasteiger partial charge in [-0.15, -0.1) is 0 Å². The van der Waals surface area contributed by atoms with Crippen LogP contribution in [0.15, 0.2) is 60.0 Å². The van der Waals surface area contributed by atoms with E-state index in [-0.39, 0.29) is 18.1 Å². The number of nitrogens with one attached hydrogen (secondary N) is 2. The first-order chi connectivity index (χ1) is 12.8. The zero-order valence-corrected chi connectivity index (χ0v) is 14.5. The number of benzene rings is 2. The van der Waals surface area contributed by atoms with Gasteiger partial charge in [-0.2, -0.15) is 5.10 Å². The summed E-state index contributed by atoms with van der Waals surface area (Å²) in [5.41, 5.74) is 0.630. The van der Waals surface area contributed by atoms with E-state index < -0.39 is 26.6 Å².